The molecular weight excluding hydrogens is 250 g/mol. The Morgan fingerprint density at radius 2 is 2.11 bits per heavy atom. The van der Waals surface area contributed by atoms with Gasteiger partial charge in [-0.2, -0.15) is 0 Å². The predicted molar refractivity (Wildman–Crippen MR) is 69.2 cm³/mol. The second-order valence-electron chi connectivity index (χ2n) is 3.81. The van der Waals surface area contributed by atoms with Crippen LogP contribution < -0.4 is 11.5 Å². The first-order chi connectivity index (χ1) is 8.49. The molecule has 1 aromatic carbocycles. The summed E-state index contributed by atoms with van der Waals surface area (Å²) in [7, 11) is 1.87. The number of carbonyl (C=O) groups excluding carboxylic acids is 1. The lowest BCUT2D eigenvalue weighted by Crippen LogP contribution is -2.11. The summed E-state index contributed by atoms with van der Waals surface area (Å²) in [5, 5.41) is 8.70. The maximum Gasteiger partial charge on any atom is 0.248 e. The number of amides is 1. The van der Waals surface area contributed by atoms with Gasteiger partial charge in [-0.05, 0) is 36.9 Å². The van der Waals surface area contributed by atoms with Gasteiger partial charge in [0, 0.05) is 23.2 Å². The average molecular weight is 263 g/mol. The monoisotopic (exact) mass is 263 g/mol. The Kier molecular flexibility index (Phi) is 3.24. The molecule has 0 fully saturated rings. The van der Waals surface area contributed by atoms with Crippen LogP contribution in [-0.2, 0) is 7.05 Å². The molecule has 2 rings (SSSR count). The zero-order valence-electron chi connectivity index (χ0n) is 10.0. The van der Waals surface area contributed by atoms with E-state index in [1.54, 1.807) is 18.2 Å². The van der Waals surface area contributed by atoms with Crippen LogP contribution in [0.1, 0.15) is 16.2 Å². The van der Waals surface area contributed by atoms with Gasteiger partial charge in [0.15, 0.2) is 5.16 Å². The first-order valence-corrected chi connectivity index (χ1v) is 6.04. The lowest BCUT2D eigenvalue weighted by atomic mass is 10.2. The van der Waals surface area contributed by atoms with Gasteiger partial charge in [-0.3, -0.25) is 4.79 Å². The minimum Gasteiger partial charge on any atom is -0.398 e. The van der Waals surface area contributed by atoms with E-state index < -0.39 is 5.91 Å². The molecule has 0 radical (unpaired) electrons. The second kappa shape index (κ2) is 4.69. The highest BCUT2D eigenvalue weighted by atomic mass is 32.2. The molecule has 0 saturated heterocycles. The summed E-state index contributed by atoms with van der Waals surface area (Å²) in [6, 6.07) is 4.92. The Morgan fingerprint density at radius 1 is 1.39 bits per heavy atom. The van der Waals surface area contributed by atoms with Crippen LogP contribution in [0.5, 0.6) is 0 Å². The van der Waals surface area contributed by atoms with Gasteiger partial charge in [-0.15, -0.1) is 10.2 Å². The molecule has 1 aromatic heterocycles. The molecule has 94 valence electrons. The van der Waals surface area contributed by atoms with Crippen LogP contribution in [0, 0.1) is 6.92 Å². The molecule has 0 spiro atoms. The summed E-state index contributed by atoms with van der Waals surface area (Å²) < 4.78 is 1.85. The second-order valence-corrected chi connectivity index (χ2v) is 4.82. The van der Waals surface area contributed by atoms with E-state index in [2.05, 4.69) is 10.2 Å². The Morgan fingerprint density at radius 3 is 2.67 bits per heavy atom. The predicted octanol–water partition coefficient (Wildman–Crippen LogP) is 0.956. The van der Waals surface area contributed by atoms with Crippen LogP contribution in [0.15, 0.2) is 28.3 Å². The van der Waals surface area contributed by atoms with Crippen molar-refractivity contribution in [3.63, 3.8) is 0 Å². The number of aryl methyl sites for hydroxylation is 1. The number of anilines is 1. The highest BCUT2D eigenvalue weighted by Gasteiger charge is 2.11. The van der Waals surface area contributed by atoms with Gasteiger partial charge in [-0.1, -0.05) is 0 Å². The molecule has 18 heavy (non-hydrogen) atoms. The van der Waals surface area contributed by atoms with Gasteiger partial charge in [0.1, 0.15) is 5.82 Å². The fourth-order valence-corrected chi connectivity index (χ4v) is 2.27. The lowest BCUT2D eigenvalue weighted by Gasteiger charge is -2.06. The quantitative estimate of drug-likeness (QED) is 0.803. The van der Waals surface area contributed by atoms with Crippen molar-refractivity contribution in [3.05, 3.63) is 29.6 Å². The molecule has 2 aromatic rings. The topological polar surface area (TPSA) is 99.8 Å². The maximum absolute atomic E-state index is 11.1. The molecule has 7 heteroatoms. The summed E-state index contributed by atoms with van der Waals surface area (Å²) in [5.74, 6) is 0.327. The van der Waals surface area contributed by atoms with Crippen molar-refractivity contribution in [2.45, 2.75) is 17.0 Å². The van der Waals surface area contributed by atoms with Gasteiger partial charge < -0.3 is 16.0 Å². The number of rotatable bonds is 3. The largest absolute Gasteiger partial charge is 0.398 e. The Labute approximate surface area is 108 Å². The summed E-state index contributed by atoms with van der Waals surface area (Å²) in [6.45, 7) is 1.86. The third kappa shape index (κ3) is 2.30. The molecule has 6 nitrogen and oxygen atoms in total. The first-order valence-electron chi connectivity index (χ1n) is 5.22. The van der Waals surface area contributed by atoms with E-state index in [-0.39, 0.29) is 0 Å². The van der Waals surface area contributed by atoms with Gasteiger partial charge in [0.05, 0.1) is 0 Å². The number of carbonyl (C=O) groups is 1. The number of hydrogen-bond donors (Lipinski definition) is 2. The number of hydrogen-bond acceptors (Lipinski definition) is 5. The van der Waals surface area contributed by atoms with Crippen LogP contribution in [0.2, 0.25) is 0 Å². The number of aromatic nitrogens is 3. The fourth-order valence-electron chi connectivity index (χ4n) is 1.35. The molecule has 0 saturated carbocycles. The van der Waals surface area contributed by atoms with E-state index in [4.69, 9.17) is 11.5 Å². The molecule has 4 N–H and O–H groups in total. The van der Waals surface area contributed by atoms with Gasteiger partial charge in [0.25, 0.3) is 0 Å². The van der Waals surface area contributed by atoms with Crippen LogP contribution in [0.25, 0.3) is 0 Å². The normalized spacial score (nSPS) is 10.6. The van der Waals surface area contributed by atoms with E-state index in [0.717, 1.165) is 10.7 Å². The first kappa shape index (κ1) is 12.4. The zero-order valence-corrected chi connectivity index (χ0v) is 10.9. The highest BCUT2D eigenvalue weighted by Crippen LogP contribution is 2.31. The van der Waals surface area contributed by atoms with E-state index in [0.29, 0.717) is 16.4 Å². The molecule has 1 heterocycles. The molecule has 1 amide bonds. The fraction of sp³-hybridized carbons (Fsp3) is 0.182. The van der Waals surface area contributed by atoms with E-state index >= 15 is 0 Å². The van der Waals surface area contributed by atoms with E-state index in [1.165, 1.54) is 11.8 Å². The maximum atomic E-state index is 11.1. The third-order valence-electron chi connectivity index (χ3n) is 2.55. The number of nitrogen functional groups attached to an aromatic ring is 1. The molecule has 0 aliphatic heterocycles. The van der Waals surface area contributed by atoms with Crippen LogP contribution in [-0.4, -0.2) is 20.7 Å². The zero-order chi connectivity index (χ0) is 13.3. The van der Waals surface area contributed by atoms with Crippen LogP contribution in [0.4, 0.5) is 5.69 Å². The number of primary amides is 1. The van der Waals surface area contributed by atoms with Crippen molar-refractivity contribution in [1.82, 2.24) is 14.8 Å². The summed E-state index contributed by atoms with van der Waals surface area (Å²) >= 11 is 1.35. The van der Waals surface area contributed by atoms with Gasteiger partial charge >= 0.3 is 0 Å². The molecule has 0 atom stereocenters. The summed E-state index contributed by atoms with van der Waals surface area (Å²) in [4.78, 5) is 11.9. The third-order valence-corrected chi connectivity index (χ3v) is 3.66. The smallest absolute Gasteiger partial charge is 0.248 e. The number of benzene rings is 1. The minimum atomic E-state index is -0.481. The van der Waals surface area contributed by atoms with Crippen molar-refractivity contribution in [1.29, 1.82) is 0 Å². The molecular formula is C11H13N5OS. The SMILES string of the molecule is Cc1nnc(Sc2cc(C(N)=O)ccc2N)n1C. The van der Waals surface area contributed by atoms with Crippen molar-refractivity contribution in [3.8, 4) is 0 Å². The lowest BCUT2D eigenvalue weighted by molar-refractivity contribution is 0.1000. The molecule has 0 aliphatic carbocycles. The number of nitrogens with zero attached hydrogens (tertiary/aromatic N) is 3. The van der Waals surface area contributed by atoms with Crippen molar-refractivity contribution in [2.75, 3.05) is 5.73 Å². The van der Waals surface area contributed by atoms with Crippen LogP contribution >= 0.6 is 11.8 Å². The standard InChI is InChI=1S/C11H13N5OS/c1-6-14-15-11(16(6)2)18-9-5-7(10(13)17)3-4-8(9)12/h3-5H,12H2,1-2H3,(H2,13,17). The van der Waals surface area contributed by atoms with Gasteiger partial charge in [0.2, 0.25) is 5.91 Å². The average Bonchev–Trinajstić information content (AvgIpc) is 2.63. The Hall–Kier alpha value is -2.02. The number of nitrogens with two attached hydrogens (primary N) is 2. The summed E-state index contributed by atoms with van der Waals surface area (Å²) in [5.41, 5.74) is 12.1. The Balaban J connectivity index is 2.36. The molecule has 0 bridgehead atoms. The summed E-state index contributed by atoms with van der Waals surface area (Å²) in [6.07, 6.45) is 0. The minimum absolute atomic E-state index is 0.422. The van der Waals surface area contributed by atoms with Crippen molar-refractivity contribution < 1.29 is 4.79 Å². The van der Waals surface area contributed by atoms with E-state index in [1.807, 2.05) is 18.5 Å². The van der Waals surface area contributed by atoms with E-state index in [9.17, 15) is 4.79 Å². The van der Waals surface area contributed by atoms with Crippen molar-refractivity contribution >= 4 is 23.4 Å². The van der Waals surface area contributed by atoms with Crippen LogP contribution in [0.3, 0.4) is 0 Å². The van der Waals surface area contributed by atoms with Gasteiger partial charge in [-0.25, -0.2) is 0 Å². The molecule has 0 unspecified atom stereocenters. The van der Waals surface area contributed by atoms with Crippen molar-refractivity contribution in [2.24, 2.45) is 12.8 Å². The molecule has 0 aliphatic rings. The highest BCUT2D eigenvalue weighted by molar-refractivity contribution is 7.99. The Bertz CT molecular complexity index is 607.